The Morgan fingerprint density at radius 2 is 2.03 bits per heavy atom. The zero-order valence-corrected chi connectivity index (χ0v) is 16.7. The van der Waals surface area contributed by atoms with E-state index in [1.165, 1.54) is 5.56 Å². The minimum absolute atomic E-state index is 0.0424. The molecule has 2 amide bonds. The van der Waals surface area contributed by atoms with Crippen molar-refractivity contribution in [3.05, 3.63) is 35.4 Å². The summed E-state index contributed by atoms with van der Waals surface area (Å²) in [7, 11) is 0. The standard InChI is InChI=1S/C22H28N4O3/c1-14-12-26(9-6-17(14)16-4-2-15(11-23)3-5-16)21(28)19-18(20(27)25-29)10-22(7-8-22)13-24-19/h2-5,14,17-19,24,29H,6-10,12-13H2,1H3,(H,25,27)/t14?,17?,18-,19-/m0/s1. The molecule has 7 heteroatoms. The van der Waals surface area contributed by atoms with E-state index >= 15 is 0 Å². The predicted molar refractivity (Wildman–Crippen MR) is 106 cm³/mol. The lowest BCUT2D eigenvalue weighted by atomic mass is 9.79. The third kappa shape index (κ3) is 3.87. The molecule has 4 rings (SSSR count). The highest BCUT2D eigenvalue weighted by Gasteiger charge is 2.53. The molecule has 4 atom stereocenters. The molecule has 2 aliphatic heterocycles. The molecule has 1 aromatic carbocycles. The number of benzene rings is 1. The Labute approximate surface area is 171 Å². The fourth-order valence-corrected chi connectivity index (χ4v) is 5.11. The monoisotopic (exact) mass is 396 g/mol. The molecule has 3 fully saturated rings. The van der Waals surface area contributed by atoms with Crippen LogP contribution in [0.15, 0.2) is 24.3 Å². The summed E-state index contributed by atoms with van der Waals surface area (Å²) in [6.45, 7) is 4.19. The number of likely N-dealkylation sites (tertiary alicyclic amines) is 1. The Morgan fingerprint density at radius 1 is 1.31 bits per heavy atom. The maximum absolute atomic E-state index is 13.3. The second kappa shape index (κ2) is 7.77. The minimum Gasteiger partial charge on any atom is -0.341 e. The van der Waals surface area contributed by atoms with E-state index < -0.39 is 17.9 Å². The number of carbonyl (C=O) groups is 2. The van der Waals surface area contributed by atoms with Crippen LogP contribution in [0.4, 0.5) is 0 Å². The lowest BCUT2D eigenvalue weighted by Gasteiger charge is -2.42. The van der Waals surface area contributed by atoms with E-state index in [4.69, 9.17) is 10.5 Å². The number of hydroxylamine groups is 1. The van der Waals surface area contributed by atoms with E-state index in [1.807, 2.05) is 29.2 Å². The van der Waals surface area contributed by atoms with Crippen molar-refractivity contribution in [2.75, 3.05) is 19.6 Å². The summed E-state index contributed by atoms with van der Waals surface area (Å²) in [5.74, 6) is -0.418. The smallest absolute Gasteiger partial charge is 0.248 e. The normalized spacial score (nSPS) is 30.4. The fourth-order valence-electron chi connectivity index (χ4n) is 5.11. The molecule has 3 aliphatic rings. The molecular weight excluding hydrogens is 368 g/mol. The molecule has 1 saturated carbocycles. The SMILES string of the molecule is CC1CN(C(=O)[C@H]2NCC3(CC3)C[C@@H]2C(=O)NO)CCC1c1ccc(C#N)cc1. The Hall–Kier alpha value is -2.43. The van der Waals surface area contributed by atoms with Crippen molar-refractivity contribution in [3.63, 3.8) is 0 Å². The summed E-state index contributed by atoms with van der Waals surface area (Å²) in [5, 5.41) is 21.4. The predicted octanol–water partition coefficient (Wildman–Crippen LogP) is 1.77. The molecule has 7 nitrogen and oxygen atoms in total. The fraction of sp³-hybridized carbons (Fsp3) is 0.591. The van der Waals surface area contributed by atoms with Crippen LogP contribution in [0.1, 0.15) is 49.7 Å². The Morgan fingerprint density at radius 3 is 2.62 bits per heavy atom. The number of carbonyl (C=O) groups excluding carboxylic acids is 2. The molecule has 2 saturated heterocycles. The van der Waals surface area contributed by atoms with Gasteiger partial charge in [-0.05, 0) is 60.6 Å². The largest absolute Gasteiger partial charge is 0.341 e. The number of rotatable bonds is 3. The van der Waals surface area contributed by atoms with Gasteiger partial charge < -0.3 is 10.2 Å². The lowest BCUT2D eigenvalue weighted by molar-refractivity contribution is -0.146. The van der Waals surface area contributed by atoms with Crippen molar-refractivity contribution in [2.24, 2.45) is 17.3 Å². The molecule has 0 radical (unpaired) electrons. The van der Waals surface area contributed by atoms with Crippen LogP contribution in [-0.2, 0) is 9.59 Å². The molecular formula is C22H28N4O3. The van der Waals surface area contributed by atoms with Gasteiger partial charge in [0.05, 0.1) is 23.6 Å². The van der Waals surface area contributed by atoms with Crippen molar-refractivity contribution in [1.29, 1.82) is 5.26 Å². The second-order valence-electron chi connectivity index (χ2n) is 9.04. The zero-order chi connectivity index (χ0) is 20.6. The van der Waals surface area contributed by atoms with Gasteiger partial charge in [-0.15, -0.1) is 0 Å². The Balaban J connectivity index is 1.43. The maximum atomic E-state index is 13.3. The zero-order valence-electron chi connectivity index (χ0n) is 16.7. The number of hydrogen-bond acceptors (Lipinski definition) is 5. The van der Waals surface area contributed by atoms with Gasteiger partial charge in [0.2, 0.25) is 11.8 Å². The molecule has 29 heavy (non-hydrogen) atoms. The maximum Gasteiger partial charge on any atom is 0.248 e. The van der Waals surface area contributed by atoms with Gasteiger partial charge in [0, 0.05) is 19.6 Å². The molecule has 2 heterocycles. The van der Waals surface area contributed by atoms with E-state index in [0.717, 1.165) is 25.8 Å². The molecule has 0 aromatic heterocycles. The Kier molecular flexibility index (Phi) is 5.32. The first-order valence-corrected chi connectivity index (χ1v) is 10.4. The van der Waals surface area contributed by atoms with Crippen LogP contribution in [0.25, 0.3) is 0 Å². The van der Waals surface area contributed by atoms with E-state index in [9.17, 15) is 9.59 Å². The van der Waals surface area contributed by atoms with Gasteiger partial charge in [-0.25, -0.2) is 5.48 Å². The van der Waals surface area contributed by atoms with Gasteiger partial charge >= 0.3 is 0 Å². The van der Waals surface area contributed by atoms with Crippen LogP contribution in [-0.4, -0.2) is 47.6 Å². The van der Waals surface area contributed by atoms with Crippen LogP contribution in [0.2, 0.25) is 0 Å². The summed E-state index contributed by atoms with van der Waals surface area (Å²) in [6.07, 6.45) is 3.65. The topological polar surface area (TPSA) is 105 Å². The van der Waals surface area contributed by atoms with Gasteiger partial charge in [-0.2, -0.15) is 5.26 Å². The molecule has 1 aromatic rings. The Bertz CT molecular complexity index is 827. The van der Waals surface area contributed by atoms with Gasteiger partial charge in [0.15, 0.2) is 0 Å². The third-order valence-electron chi connectivity index (χ3n) is 7.11. The lowest BCUT2D eigenvalue weighted by Crippen LogP contribution is -2.60. The second-order valence-corrected chi connectivity index (χ2v) is 9.04. The number of hydrogen-bond donors (Lipinski definition) is 3. The van der Waals surface area contributed by atoms with Crippen LogP contribution >= 0.6 is 0 Å². The van der Waals surface area contributed by atoms with Gasteiger partial charge in [0.1, 0.15) is 0 Å². The average molecular weight is 396 g/mol. The quantitative estimate of drug-likeness (QED) is 0.533. The molecule has 1 spiro atoms. The highest BCUT2D eigenvalue weighted by atomic mass is 16.5. The number of nitrogens with one attached hydrogen (secondary N) is 2. The summed E-state index contributed by atoms with van der Waals surface area (Å²) in [4.78, 5) is 27.4. The average Bonchev–Trinajstić information content (AvgIpc) is 3.51. The van der Waals surface area contributed by atoms with Gasteiger partial charge in [-0.1, -0.05) is 19.1 Å². The highest BCUT2D eigenvalue weighted by Crippen LogP contribution is 2.52. The molecule has 0 bridgehead atoms. The summed E-state index contributed by atoms with van der Waals surface area (Å²) in [5.41, 5.74) is 3.74. The van der Waals surface area contributed by atoms with Crippen LogP contribution in [0.3, 0.4) is 0 Å². The van der Waals surface area contributed by atoms with Crippen LogP contribution in [0.5, 0.6) is 0 Å². The number of nitriles is 1. The van der Waals surface area contributed by atoms with Gasteiger partial charge in [0.25, 0.3) is 0 Å². The van der Waals surface area contributed by atoms with E-state index in [0.29, 0.717) is 31.0 Å². The first-order chi connectivity index (χ1) is 14.0. The number of piperidine rings is 2. The van der Waals surface area contributed by atoms with Crippen molar-refractivity contribution >= 4 is 11.8 Å². The minimum atomic E-state index is -0.577. The first-order valence-electron chi connectivity index (χ1n) is 10.4. The summed E-state index contributed by atoms with van der Waals surface area (Å²) in [6, 6.07) is 9.28. The molecule has 3 N–H and O–H groups in total. The molecule has 1 aliphatic carbocycles. The molecule has 2 unspecified atom stereocenters. The van der Waals surface area contributed by atoms with Crippen molar-refractivity contribution in [1.82, 2.24) is 15.7 Å². The van der Waals surface area contributed by atoms with Crippen LogP contribution in [0, 0.1) is 28.6 Å². The number of amides is 2. The number of nitrogens with zero attached hydrogens (tertiary/aromatic N) is 2. The summed E-state index contributed by atoms with van der Waals surface area (Å²) < 4.78 is 0. The van der Waals surface area contributed by atoms with E-state index in [2.05, 4.69) is 18.3 Å². The third-order valence-corrected chi connectivity index (χ3v) is 7.11. The first kappa shape index (κ1) is 19.9. The van der Waals surface area contributed by atoms with E-state index in [1.54, 1.807) is 5.48 Å². The van der Waals surface area contributed by atoms with Crippen LogP contribution < -0.4 is 10.8 Å². The van der Waals surface area contributed by atoms with Gasteiger partial charge in [-0.3, -0.25) is 14.8 Å². The van der Waals surface area contributed by atoms with Crippen molar-refractivity contribution < 1.29 is 14.8 Å². The highest BCUT2D eigenvalue weighted by molar-refractivity contribution is 5.90. The summed E-state index contributed by atoms with van der Waals surface area (Å²) >= 11 is 0. The van der Waals surface area contributed by atoms with E-state index in [-0.39, 0.29) is 17.2 Å². The van der Waals surface area contributed by atoms with Crippen molar-refractivity contribution in [3.8, 4) is 6.07 Å². The molecule has 154 valence electrons. The van der Waals surface area contributed by atoms with Crippen molar-refractivity contribution in [2.45, 2.75) is 44.6 Å².